The Morgan fingerprint density at radius 1 is 1.03 bits per heavy atom. The van der Waals surface area contributed by atoms with Crippen LogP contribution in [0.2, 0.25) is 0 Å². The van der Waals surface area contributed by atoms with E-state index in [9.17, 15) is 14.4 Å². The van der Waals surface area contributed by atoms with Crippen LogP contribution >= 0.6 is 0 Å². The minimum absolute atomic E-state index is 0.183. The van der Waals surface area contributed by atoms with Gasteiger partial charge in [-0.15, -0.1) is 0 Å². The zero-order valence-electron chi connectivity index (χ0n) is 19.9. The van der Waals surface area contributed by atoms with E-state index in [1.807, 2.05) is 32.3 Å². The summed E-state index contributed by atoms with van der Waals surface area (Å²) < 4.78 is 6.19. The van der Waals surface area contributed by atoms with Crippen LogP contribution in [-0.2, 0) is 18.4 Å². The van der Waals surface area contributed by atoms with Gasteiger partial charge in [0.2, 0.25) is 5.78 Å². The van der Waals surface area contributed by atoms with Gasteiger partial charge in [-0.05, 0) is 44.9 Å². The van der Waals surface area contributed by atoms with Gasteiger partial charge in [0.25, 0.3) is 5.56 Å². The molecule has 0 radical (unpaired) electrons. The highest BCUT2D eigenvalue weighted by Gasteiger charge is 2.27. The molecule has 0 unspecified atom stereocenters. The lowest BCUT2D eigenvalue weighted by molar-refractivity contribution is -0.127. The number of nitrogens with zero attached hydrogens (tertiary/aromatic N) is 5. The van der Waals surface area contributed by atoms with E-state index >= 15 is 0 Å². The standard InChI is InChI=1S/C24H29N5O3/c1-13-9-10-14(2)17(11-13)28-15(3)16(4)29-19-20(25-22(28)29)26(8)23(32)27(21(19)31)12-18(30)24(5,6)7/h9-11H,12H2,1-8H3. The first-order valence-corrected chi connectivity index (χ1v) is 10.7. The van der Waals surface area contributed by atoms with Crippen LogP contribution in [0, 0.1) is 33.1 Å². The number of carbonyl (C=O) groups is 1. The first-order chi connectivity index (χ1) is 14.8. The van der Waals surface area contributed by atoms with Crippen LogP contribution < -0.4 is 11.2 Å². The van der Waals surface area contributed by atoms with Crippen molar-refractivity contribution in [1.82, 2.24) is 23.1 Å². The van der Waals surface area contributed by atoms with Crippen molar-refractivity contribution in [2.75, 3.05) is 0 Å². The molecule has 0 aliphatic heterocycles. The molecular weight excluding hydrogens is 406 g/mol. The van der Waals surface area contributed by atoms with Gasteiger partial charge in [-0.1, -0.05) is 32.9 Å². The van der Waals surface area contributed by atoms with Crippen molar-refractivity contribution in [2.24, 2.45) is 12.5 Å². The minimum Gasteiger partial charge on any atom is -0.297 e. The number of fused-ring (bicyclic) bond motifs is 3. The largest absolute Gasteiger partial charge is 0.332 e. The predicted molar refractivity (Wildman–Crippen MR) is 125 cm³/mol. The number of benzene rings is 1. The molecule has 8 heteroatoms. The number of aryl methyl sites for hydroxylation is 4. The monoisotopic (exact) mass is 435 g/mol. The summed E-state index contributed by atoms with van der Waals surface area (Å²) in [6, 6.07) is 6.19. The third-order valence-corrected chi connectivity index (χ3v) is 6.26. The zero-order valence-corrected chi connectivity index (χ0v) is 19.9. The van der Waals surface area contributed by atoms with E-state index < -0.39 is 16.7 Å². The van der Waals surface area contributed by atoms with Crippen molar-refractivity contribution in [3.05, 3.63) is 61.6 Å². The summed E-state index contributed by atoms with van der Waals surface area (Å²) >= 11 is 0. The lowest BCUT2D eigenvalue weighted by atomic mass is 9.91. The molecule has 3 aromatic heterocycles. The van der Waals surface area contributed by atoms with Gasteiger partial charge in [0.1, 0.15) is 0 Å². The van der Waals surface area contributed by atoms with Crippen molar-refractivity contribution >= 4 is 22.7 Å². The molecule has 0 amide bonds. The van der Waals surface area contributed by atoms with Crippen molar-refractivity contribution in [2.45, 2.75) is 55.0 Å². The van der Waals surface area contributed by atoms with Crippen LogP contribution in [0.4, 0.5) is 0 Å². The molecule has 0 atom stereocenters. The number of hydrogen-bond donors (Lipinski definition) is 0. The van der Waals surface area contributed by atoms with Gasteiger partial charge in [0.15, 0.2) is 16.9 Å². The maximum absolute atomic E-state index is 13.5. The number of Topliss-reactive ketones (excluding diaryl/α,β-unsaturated/α-hetero) is 1. The Bertz CT molecular complexity index is 1540. The Morgan fingerprint density at radius 3 is 2.31 bits per heavy atom. The topological polar surface area (TPSA) is 83.3 Å². The normalized spacial score (nSPS) is 12.2. The molecular formula is C24H29N5O3. The lowest BCUT2D eigenvalue weighted by Crippen LogP contribution is -2.43. The number of rotatable bonds is 3. The second kappa shape index (κ2) is 7.05. The summed E-state index contributed by atoms with van der Waals surface area (Å²) in [6.07, 6.45) is 0. The fourth-order valence-electron chi connectivity index (χ4n) is 4.02. The van der Waals surface area contributed by atoms with Gasteiger partial charge in [0.05, 0.1) is 12.2 Å². The van der Waals surface area contributed by atoms with Crippen molar-refractivity contribution < 1.29 is 4.79 Å². The second-order valence-corrected chi connectivity index (χ2v) is 9.62. The van der Waals surface area contributed by atoms with Crippen molar-refractivity contribution in [3.63, 3.8) is 0 Å². The van der Waals surface area contributed by atoms with Gasteiger partial charge >= 0.3 is 5.69 Å². The van der Waals surface area contributed by atoms with E-state index in [2.05, 4.69) is 18.2 Å². The Kier molecular flexibility index (Phi) is 4.80. The van der Waals surface area contributed by atoms with Gasteiger partial charge in [0, 0.05) is 23.9 Å². The minimum atomic E-state index is -0.662. The van der Waals surface area contributed by atoms with Crippen molar-refractivity contribution in [3.8, 4) is 5.69 Å². The van der Waals surface area contributed by atoms with E-state index in [0.29, 0.717) is 16.9 Å². The Balaban J connectivity index is 2.12. The second-order valence-electron chi connectivity index (χ2n) is 9.62. The quantitative estimate of drug-likeness (QED) is 0.495. The molecule has 0 aliphatic rings. The maximum Gasteiger partial charge on any atom is 0.332 e. The molecule has 0 N–H and O–H groups in total. The first kappa shape index (κ1) is 21.8. The highest BCUT2D eigenvalue weighted by atomic mass is 16.2. The molecule has 0 saturated heterocycles. The van der Waals surface area contributed by atoms with E-state index in [1.54, 1.807) is 32.2 Å². The fraction of sp³-hybridized carbons (Fsp3) is 0.417. The third kappa shape index (κ3) is 3.04. The number of aromatic nitrogens is 5. The number of ketones is 1. The average molecular weight is 436 g/mol. The number of carbonyl (C=O) groups excluding carboxylic acids is 1. The van der Waals surface area contributed by atoms with E-state index in [-0.39, 0.29) is 12.3 Å². The number of hydrogen-bond acceptors (Lipinski definition) is 4. The van der Waals surface area contributed by atoms with E-state index in [0.717, 1.165) is 32.8 Å². The Labute approximate surface area is 185 Å². The van der Waals surface area contributed by atoms with Crippen LogP contribution in [0.3, 0.4) is 0 Å². The maximum atomic E-state index is 13.5. The molecule has 168 valence electrons. The summed E-state index contributed by atoms with van der Waals surface area (Å²) in [5, 5.41) is 0. The molecule has 3 heterocycles. The molecule has 0 spiro atoms. The average Bonchev–Trinajstić information content (AvgIpc) is 3.20. The zero-order chi connectivity index (χ0) is 23.7. The van der Waals surface area contributed by atoms with Gasteiger partial charge < -0.3 is 0 Å². The predicted octanol–water partition coefficient (Wildman–Crippen LogP) is 2.99. The molecule has 1 aromatic carbocycles. The molecule has 32 heavy (non-hydrogen) atoms. The lowest BCUT2D eigenvalue weighted by Gasteiger charge is -2.17. The van der Waals surface area contributed by atoms with Gasteiger partial charge in [-0.2, -0.15) is 4.98 Å². The fourth-order valence-corrected chi connectivity index (χ4v) is 4.02. The van der Waals surface area contributed by atoms with Crippen LogP contribution in [0.5, 0.6) is 0 Å². The number of imidazole rings is 2. The van der Waals surface area contributed by atoms with Crippen LogP contribution in [0.25, 0.3) is 22.6 Å². The third-order valence-electron chi connectivity index (χ3n) is 6.26. The van der Waals surface area contributed by atoms with Gasteiger partial charge in [-0.25, -0.2) is 4.79 Å². The van der Waals surface area contributed by atoms with Crippen LogP contribution in [-0.4, -0.2) is 28.9 Å². The summed E-state index contributed by atoms with van der Waals surface area (Å²) in [4.78, 5) is 43.8. The SMILES string of the molecule is Cc1ccc(C)c(-n2c(C)c(C)n3c4c(=O)n(CC(=O)C(C)(C)C)c(=O)n(C)c4nc23)c1. The molecule has 4 aromatic rings. The van der Waals surface area contributed by atoms with Gasteiger partial charge in [-0.3, -0.25) is 27.7 Å². The van der Waals surface area contributed by atoms with E-state index in [4.69, 9.17) is 4.98 Å². The molecule has 0 fully saturated rings. The summed E-state index contributed by atoms with van der Waals surface area (Å²) in [6.45, 7) is 13.0. The van der Waals surface area contributed by atoms with Crippen LogP contribution in [0.1, 0.15) is 43.3 Å². The van der Waals surface area contributed by atoms with E-state index in [1.165, 1.54) is 4.57 Å². The smallest absolute Gasteiger partial charge is 0.297 e. The summed E-state index contributed by atoms with van der Waals surface area (Å²) in [5.74, 6) is 0.383. The Morgan fingerprint density at radius 2 is 1.69 bits per heavy atom. The molecule has 8 nitrogen and oxygen atoms in total. The highest BCUT2D eigenvalue weighted by Crippen LogP contribution is 2.27. The summed E-state index contributed by atoms with van der Waals surface area (Å²) in [5.41, 5.74) is 3.86. The molecule has 0 bridgehead atoms. The summed E-state index contributed by atoms with van der Waals surface area (Å²) in [7, 11) is 1.58. The first-order valence-electron chi connectivity index (χ1n) is 10.7. The van der Waals surface area contributed by atoms with Crippen molar-refractivity contribution in [1.29, 1.82) is 0 Å². The molecule has 4 rings (SSSR count). The highest BCUT2D eigenvalue weighted by molar-refractivity contribution is 5.84. The molecule has 0 aliphatic carbocycles. The molecule has 0 saturated carbocycles. The Hall–Kier alpha value is -3.42. The van der Waals surface area contributed by atoms with Crippen LogP contribution in [0.15, 0.2) is 27.8 Å².